The van der Waals surface area contributed by atoms with Crippen LogP contribution in [0.3, 0.4) is 0 Å². The summed E-state index contributed by atoms with van der Waals surface area (Å²) >= 11 is 0. The minimum Gasteiger partial charge on any atom is -0.480 e. The van der Waals surface area contributed by atoms with Gasteiger partial charge in [0, 0.05) is 0 Å². The fraction of sp³-hybridized carbons (Fsp3) is 0.176. The highest BCUT2D eigenvalue weighted by Crippen LogP contribution is 2.38. The van der Waals surface area contributed by atoms with E-state index >= 15 is 0 Å². The van der Waals surface area contributed by atoms with E-state index in [0.29, 0.717) is 0 Å². The Morgan fingerprint density at radius 2 is 1.86 bits per heavy atom. The van der Waals surface area contributed by atoms with Gasteiger partial charge in [0.2, 0.25) is 0 Å². The molecule has 5 nitrogen and oxygen atoms in total. The number of fused-ring (bicyclic) bond motifs is 3. The van der Waals surface area contributed by atoms with Crippen LogP contribution in [0.15, 0.2) is 42.5 Å². The van der Waals surface area contributed by atoms with Crippen molar-refractivity contribution < 1.29 is 19.4 Å². The highest BCUT2D eigenvalue weighted by atomic mass is 16.5. The first kappa shape index (κ1) is 14.1. The monoisotopic (exact) mass is 297 g/mol. The number of carboxylic acid groups (broad SMARTS) is 1. The fourth-order valence-electron chi connectivity index (χ4n) is 2.70. The lowest BCUT2D eigenvalue weighted by Gasteiger charge is -2.09. The number of nitrogens with one attached hydrogen (secondary N) is 1. The topological polar surface area (TPSA) is 75.6 Å². The number of rotatable bonds is 4. The summed E-state index contributed by atoms with van der Waals surface area (Å²) in [6.07, 6.45) is 0.0948. The summed E-state index contributed by atoms with van der Waals surface area (Å²) in [7, 11) is 0. The molecule has 22 heavy (non-hydrogen) atoms. The van der Waals surface area contributed by atoms with Gasteiger partial charge in [-0.15, -0.1) is 0 Å². The van der Waals surface area contributed by atoms with Crippen LogP contribution in [-0.4, -0.2) is 23.7 Å². The van der Waals surface area contributed by atoms with E-state index in [-0.39, 0.29) is 6.61 Å². The quantitative estimate of drug-likeness (QED) is 0.776. The molecule has 0 heterocycles. The lowest BCUT2D eigenvalue weighted by atomic mass is 10.0. The SMILES string of the molecule is O=C(O)CNC(=O)OCc1cccc2c1Cc1ccccc1-2. The molecule has 0 spiro atoms. The van der Waals surface area contributed by atoms with Crippen LogP contribution in [-0.2, 0) is 22.6 Å². The molecule has 0 fully saturated rings. The Morgan fingerprint density at radius 1 is 1.09 bits per heavy atom. The molecule has 2 N–H and O–H groups in total. The first-order valence-electron chi connectivity index (χ1n) is 6.96. The molecule has 0 bridgehead atoms. The fourth-order valence-corrected chi connectivity index (χ4v) is 2.70. The second-order valence-corrected chi connectivity index (χ2v) is 5.10. The van der Waals surface area contributed by atoms with E-state index in [2.05, 4.69) is 23.5 Å². The van der Waals surface area contributed by atoms with E-state index in [1.165, 1.54) is 16.7 Å². The largest absolute Gasteiger partial charge is 0.480 e. The third-order valence-electron chi connectivity index (χ3n) is 3.69. The van der Waals surface area contributed by atoms with Crippen LogP contribution in [0.2, 0.25) is 0 Å². The summed E-state index contributed by atoms with van der Waals surface area (Å²) in [4.78, 5) is 21.8. The average Bonchev–Trinajstić information content (AvgIpc) is 2.90. The number of carbonyl (C=O) groups excluding carboxylic acids is 1. The maximum atomic E-state index is 11.4. The minimum atomic E-state index is -1.10. The summed E-state index contributed by atoms with van der Waals surface area (Å²) in [5.41, 5.74) is 5.76. The van der Waals surface area contributed by atoms with Gasteiger partial charge < -0.3 is 15.2 Å². The van der Waals surface area contributed by atoms with Crippen LogP contribution in [0, 0.1) is 0 Å². The average molecular weight is 297 g/mol. The number of hydrogen-bond donors (Lipinski definition) is 2. The Balaban J connectivity index is 1.72. The number of ether oxygens (including phenoxy) is 1. The second kappa shape index (κ2) is 5.89. The molecule has 0 unspecified atom stereocenters. The molecule has 2 aromatic rings. The molecule has 1 amide bonds. The van der Waals surface area contributed by atoms with Crippen molar-refractivity contribution in [1.82, 2.24) is 5.32 Å². The van der Waals surface area contributed by atoms with Crippen molar-refractivity contribution in [2.75, 3.05) is 6.54 Å². The maximum Gasteiger partial charge on any atom is 0.407 e. The second-order valence-electron chi connectivity index (χ2n) is 5.10. The molecule has 0 saturated heterocycles. The zero-order valence-electron chi connectivity index (χ0n) is 11.8. The van der Waals surface area contributed by atoms with Crippen molar-refractivity contribution >= 4 is 12.1 Å². The van der Waals surface area contributed by atoms with Crippen molar-refractivity contribution in [2.45, 2.75) is 13.0 Å². The lowest BCUT2D eigenvalue weighted by molar-refractivity contribution is -0.135. The van der Waals surface area contributed by atoms with Crippen LogP contribution < -0.4 is 5.32 Å². The Kier molecular flexibility index (Phi) is 3.78. The number of alkyl carbamates (subject to hydrolysis) is 1. The molecular formula is C17H15NO4. The molecule has 112 valence electrons. The minimum absolute atomic E-state index is 0.128. The zero-order valence-corrected chi connectivity index (χ0v) is 11.8. The molecule has 2 aromatic carbocycles. The van der Waals surface area contributed by atoms with E-state index in [1.54, 1.807) is 0 Å². The molecule has 5 heteroatoms. The van der Waals surface area contributed by atoms with Crippen LogP contribution in [0.1, 0.15) is 16.7 Å². The number of hydrogen-bond acceptors (Lipinski definition) is 3. The van der Waals surface area contributed by atoms with Crippen molar-refractivity contribution in [3.05, 3.63) is 59.2 Å². The van der Waals surface area contributed by atoms with Crippen LogP contribution in [0.25, 0.3) is 11.1 Å². The molecule has 0 aromatic heterocycles. The highest BCUT2D eigenvalue weighted by Gasteiger charge is 2.20. The summed E-state index contributed by atoms with van der Waals surface area (Å²) in [6, 6.07) is 14.1. The van der Waals surface area contributed by atoms with Crippen LogP contribution >= 0.6 is 0 Å². The lowest BCUT2D eigenvalue weighted by Crippen LogP contribution is -2.29. The highest BCUT2D eigenvalue weighted by molar-refractivity contribution is 5.78. The predicted molar refractivity (Wildman–Crippen MR) is 80.5 cm³/mol. The van der Waals surface area contributed by atoms with Crippen LogP contribution in [0.5, 0.6) is 0 Å². The molecule has 0 radical (unpaired) electrons. The number of amides is 1. The Hall–Kier alpha value is -2.82. The Bertz CT molecular complexity index is 739. The summed E-state index contributed by atoms with van der Waals surface area (Å²) in [5, 5.41) is 10.7. The summed E-state index contributed by atoms with van der Waals surface area (Å²) in [6.45, 7) is -0.320. The summed E-state index contributed by atoms with van der Waals surface area (Å²) < 4.78 is 5.09. The Labute approximate surface area is 127 Å². The first-order chi connectivity index (χ1) is 10.6. The van der Waals surface area contributed by atoms with E-state index in [0.717, 1.165) is 17.5 Å². The van der Waals surface area contributed by atoms with E-state index < -0.39 is 18.6 Å². The van der Waals surface area contributed by atoms with Crippen molar-refractivity contribution in [1.29, 1.82) is 0 Å². The summed E-state index contributed by atoms with van der Waals surface area (Å²) in [5.74, 6) is -1.10. The number of carbonyl (C=O) groups is 2. The van der Waals surface area contributed by atoms with Gasteiger partial charge in [-0.1, -0.05) is 42.5 Å². The van der Waals surface area contributed by atoms with Gasteiger partial charge in [0.25, 0.3) is 0 Å². The van der Waals surface area contributed by atoms with Gasteiger partial charge in [-0.3, -0.25) is 4.79 Å². The van der Waals surface area contributed by atoms with Gasteiger partial charge >= 0.3 is 12.1 Å². The van der Waals surface area contributed by atoms with E-state index in [1.807, 2.05) is 24.3 Å². The van der Waals surface area contributed by atoms with Gasteiger partial charge in [0.05, 0.1) is 0 Å². The standard InChI is InChI=1S/C17H15NO4/c19-16(20)9-18-17(21)22-10-12-5-3-7-14-13-6-2-1-4-11(13)8-15(12)14/h1-7H,8-10H2,(H,18,21)(H,19,20). The molecule has 0 saturated carbocycles. The van der Waals surface area contributed by atoms with Crippen LogP contribution in [0.4, 0.5) is 4.79 Å². The number of aliphatic carboxylic acids is 1. The smallest absolute Gasteiger partial charge is 0.407 e. The molecule has 0 aliphatic heterocycles. The molecule has 1 aliphatic carbocycles. The van der Waals surface area contributed by atoms with E-state index in [9.17, 15) is 9.59 Å². The van der Waals surface area contributed by atoms with Gasteiger partial charge in [0.15, 0.2) is 0 Å². The third-order valence-corrected chi connectivity index (χ3v) is 3.69. The van der Waals surface area contributed by atoms with Crippen molar-refractivity contribution in [2.24, 2.45) is 0 Å². The molecule has 0 atom stereocenters. The normalized spacial score (nSPS) is 11.5. The van der Waals surface area contributed by atoms with Crippen molar-refractivity contribution in [3.8, 4) is 11.1 Å². The molecule has 1 aliphatic rings. The first-order valence-corrected chi connectivity index (χ1v) is 6.96. The van der Waals surface area contributed by atoms with Gasteiger partial charge in [-0.2, -0.15) is 0 Å². The van der Waals surface area contributed by atoms with Gasteiger partial charge in [-0.05, 0) is 34.2 Å². The predicted octanol–water partition coefficient (Wildman–Crippen LogP) is 2.57. The molecular weight excluding hydrogens is 282 g/mol. The van der Waals surface area contributed by atoms with Gasteiger partial charge in [-0.25, -0.2) is 4.79 Å². The number of carboxylic acids is 1. The maximum absolute atomic E-state index is 11.4. The molecule has 3 rings (SSSR count). The number of benzene rings is 2. The zero-order chi connectivity index (χ0) is 15.5. The Morgan fingerprint density at radius 3 is 2.68 bits per heavy atom. The third kappa shape index (κ3) is 2.79. The van der Waals surface area contributed by atoms with Crippen molar-refractivity contribution in [3.63, 3.8) is 0 Å². The van der Waals surface area contributed by atoms with E-state index in [4.69, 9.17) is 9.84 Å². The van der Waals surface area contributed by atoms with Gasteiger partial charge in [0.1, 0.15) is 13.2 Å².